The van der Waals surface area contributed by atoms with Crippen LogP contribution >= 0.6 is 35.0 Å². The number of para-hydroxylation sites is 1. The van der Waals surface area contributed by atoms with Crippen LogP contribution in [0.1, 0.15) is 17.0 Å². The molecule has 0 unspecified atom stereocenters. The number of carbonyl (C=O) groups is 1. The van der Waals surface area contributed by atoms with Gasteiger partial charge in [-0.1, -0.05) is 70.9 Å². The molecule has 12 heteroatoms. The molecule has 0 spiro atoms. The molecule has 0 aliphatic heterocycles. The predicted octanol–water partition coefficient (Wildman–Crippen LogP) is 6.40. The first-order valence-corrected chi connectivity index (χ1v) is 12.4. The van der Waals surface area contributed by atoms with E-state index in [1.807, 2.05) is 25.1 Å². The average molecular weight is 543 g/mol. The summed E-state index contributed by atoms with van der Waals surface area (Å²) in [6.45, 7) is 2.06. The van der Waals surface area contributed by atoms with Gasteiger partial charge in [0, 0.05) is 23.6 Å². The van der Waals surface area contributed by atoms with E-state index in [1.54, 1.807) is 34.9 Å². The van der Waals surface area contributed by atoms with Gasteiger partial charge in [0.25, 0.3) is 5.69 Å². The zero-order valence-electron chi connectivity index (χ0n) is 18.9. The van der Waals surface area contributed by atoms with E-state index in [9.17, 15) is 14.9 Å². The number of amides is 2. The summed E-state index contributed by atoms with van der Waals surface area (Å²) in [4.78, 5) is 23.2. The van der Waals surface area contributed by atoms with Crippen LogP contribution in [0.5, 0.6) is 0 Å². The van der Waals surface area contributed by atoms with Gasteiger partial charge in [-0.3, -0.25) is 14.7 Å². The van der Waals surface area contributed by atoms with Gasteiger partial charge in [-0.2, -0.15) is 0 Å². The number of anilines is 1. The van der Waals surface area contributed by atoms with E-state index in [0.29, 0.717) is 38.2 Å². The van der Waals surface area contributed by atoms with E-state index in [-0.39, 0.29) is 12.2 Å². The number of non-ortho nitro benzene ring substituents is 1. The lowest BCUT2D eigenvalue weighted by Crippen LogP contribution is -2.29. The second-order valence-corrected chi connectivity index (χ2v) is 9.45. The molecule has 3 aromatic carbocycles. The molecule has 9 nitrogen and oxygen atoms in total. The van der Waals surface area contributed by atoms with Crippen molar-refractivity contribution in [1.29, 1.82) is 0 Å². The van der Waals surface area contributed by atoms with Crippen molar-refractivity contribution in [2.45, 2.75) is 24.4 Å². The zero-order chi connectivity index (χ0) is 25.7. The number of benzene rings is 3. The molecule has 0 aliphatic carbocycles. The molecule has 2 N–H and O–H groups in total. The highest BCUT2D eigenvalue weighted by Crippen LogP contribution is 2.30. The molecule has 184 valence electrons. The Kier molecular flexibility index (Phi) is 8.09. The van der Waals surface area contributed by atoms with Crippen LogP contribution in [0.2, 0.25) is 10.0 Å². The molecule has 1 aromatic heterocycles. The van der Waals surface area contributed by atoms with Crippen molar-refractivity contribution in [2.24, 2.45) is 0 Å². The Bertz CT molecular complexity index is 1390. The number of nitro groups is 1. The number of halogens is 2. The second kappa shape index (κ2) is 11.4. The summed E-state index contributed by atoms with van der Waals surface area (Å²) >= 11 is 13.7. The fourth-order valence-electron chi connectivity index (χ4n) is 3.38. The highest BCUT2D eigenvalue weighted by atomic mass is 35.5. The van der Waals surface area contributed by atoms with Crippen LogP contribution in [0.3, 0.4) is 0 Å². The average Bonchev–Trinajstić information content (AvgIpc) is 3.26. The molecule has 1 heterocycles. The quantitative estimate of drug-likeness (QED) is 0.151. The number of aromatic nitrogens is 3. The third-order valence-electron chi connectivity index (χ3n) is 5.08. The van der Waals surface area contributed by atoms with Gasteiger partial charge < -0.3 is 10.6 Å². The highest BCUT2D eigenvalue weighted by Gasteiger charge is 2.17. The molecular formula is C24H20Cl2N6O3S. The van der Waals surface area contributed by atoms with E-state index in [0.717, 1.165) is 11.1 Å². The maximum Gasteiger partial charge on any atom is 0.319 e. The van der Waals surface area contributed by atoms with Gasteiger partial charge in [0.05, 0.1) is 27.2 Å². The van der Waals surface area contributed by atoms with E-state index in [4.69, 9.17) is 23.2 Å². The van der Waals surface area contributed by atoms with Gasteiger partial charge in [-0.25, -0.2) is 4.79 Å². The van der Waals surface area contributed by atoms with E-state index in [1.165, 1.54) is 23.9 Å². The number of hydrogen-bond donors (Lipinski definition) is 2. The molecule has 4 aromatic rings. The number of aryl methyl sites for hydroxylation is 1. The van der Waals surface area contributed by atoms with Gasteiger partial charge in [0.15, 0.2) is 11.0 Å². The molecule has 36 heavy (non-hydrogen) atoms. The van der Waals surface area contributed by atoms with Crippen LogP contribution < -0.4 is 10.6 Å². The van der Waals surface area contributed by atoms with Crippen LogP contribution in [-0.4, -0.2) is 25.7 Å². The predicted molar refractivity (Wildman–Crippen MR) is 141 cm³/mol. The number of urea groups is 1. The normalized spacial score (nSPS) is 10.8. The molecule has 0 saturated heterocycles. The fourth-order valence-corrected chi connectivity index (χ4v) is 4.78. The van der Waals surface area contributed by atoms with Crippen molar-refractivity contribution in [3.63, 3.8) is 0 Å². The number of nitro benzene ring substituents is 1. The molecule has 0 fully saturated rings. The first kappa shape index (κ1) is 25.5. The van der Waals surface area contributed by atoms with Gasteiger partial charge in [-0.05, 0) is 36.8 Å². The number of rotatable bonds is 8. The topological polar surface area (TPSA) is 115 Å². The Morgan fingerprint density at radius 3 is 2.42 bits per heavy atom. The third kappa shape index (κ3) is 6.14. The standard InChI is InChI=1S/C24H20Cl2N6O3S/c1-15-4-2-5-16(12-15)14-36-24-30-29-21(31(24)17-8-10-18(11-9-17)32(34)35)13-27-23(33)28-22-19(25)6-3-7-20(22)26/h2-12H,13-14H2,1H3,(H2,27,28,33). The Balaban J connectivity index is 1.56. The summed E-state index contributed by atoms with van der Waals surface area (Å²) in [6, 6.07) is 18.6. The van der Waals surface area contributed by atoms with E-state index < -0.39 is 11.0 Å². The summed E-state index contributed by atoms with van der Waals surface area (Å²) in [5.41, 5.74) is 3.16. The minimum absolute atomic E-state index is 0.0307. The molecule has 0 atom stereocenters. The Labute approximate surface area is 221 Å². The lowest BCUT2D eigenvalue weighted by molar-refractivity contribution is -0.384. The Morgan fingerprint density at radius 2 is 1.75 bits per heavy atom. The number of thioether (sulfide) groups is 1. The number of hydrogen-bond acceptors (Lipinski definition) is 6. The Morgan fingerprint density at radius 1 is 1.06 bits per heavy atom. The molecular weight excluding hydrogens is 523 g/mol. The fraction of sp³-hybridized carbons (Fsp3) is 0.125. The van der Waals surface area contributed by atoms with Crippen LogP contribution in [0.25, 0.3) is 5.69 Å². The first-order chi connectivity index (χ1) is 17.3. The summed E-state index contributed by atoms with van der Waals surface area (Å²) in [6.07, 6.45) is 0. The highest BCUT2D eigenvalue weighted by molar-refractivity contribution is 7.98. The summed E-state index contributed by atoms with van der Waals surface area (Å²) in [5, 5.41) is 26.2. The minimum atomic E-state index is -0.530. The zero-order valence-corrected chi connectivity index (χ0v) is 21.3. The van der Waals surface area contributed by atoms with Gasteiger partial charge in [0.2, 0.25) is 0 Å². The van der Waals surface area contributed by atoms with Crippen molar-refractivity contribution in [3.05, 3.63) is 104 Å². The second-order valence-electron chi connectivity index (χ2n) is 7.69. The van der Waals surface area contributed by atoms with Gasteiger partial charge in [-0.15, -0.1) is 10.2 Å². The maximum absolute atomic E-state index is 12.5. The van der Waals surface area contributed by atoms with Gasteiger partial charge in [0.1, 0.15) is 0 Å². The lowest BCUT2D eigenvalue weighted by atomic mass is 10.2. The third-order valence-corrected chi connectivity index (χ3v) is 6.71. The number of nitrogens with zero attached hydrogens (tertiary/aromatic N) is 4. The smallest absolute Gasteiger partial charge is 0.319 e. The summed E-state index contributed by atoms with van der Waals surface area (Å²) in [5.74, 6) is 1.09. The Hall–Kier alpha value is -3.60. The molecule has 0 aliphatic rings. The van der Waals surface area contributed by atoms with E-state index >= 15 is 0 Å². The van der Waals surface area contributed by atoms with Crippen molar-refractivity contribution in [3.8, 4) is 5.69 Å². The van der Waals surface area contributed by atoms with Crippen LogP contribution in [0.15, 0.2) is 71.9 Å². The van der Waals surface area contributed by atoms with E-state index in [2.05, 4.69) is 26.9 Å². The monoisotopic (exact) mass is 542 g/mol. The first-order valence-electron chi connectivity index (χ1n) is 10.7. The van der Waals surface area contributed by atoms with Crippen LogP contribution in [-0.2, 0) is 12.3 Å². The maximum atomic E-state index is 12.5. The van der Waals surface area contributed by atoms with Crippen molar-refractivity contribution < 1.29 is 9.72 Å². The number of nitrogens with one attached hydrogen (secondary N) is 2. The van der Waals surface area contributed by atoms with Crippen LogP contribution in [0.4, 0.5) is 16.2 Å². The summed E-state index contributed by atoms with van der Waals surface area (Å²) < 4.78 is 1.76. The van der Waals surface area contributed by atoms with Crippen molar-refractivity contribution in [1.82, 2.24) is 20.1 Å². The number of carbonyl (C=O) groups excluding carboxylic acids is 1. The summed E-state index contributed by atoms with van der Waals surface area (Å²) in [7, 11) is 0. The van der Waals surface area contributed by atoms with Crippen molar-refractivity contribution in [2.75, 3.05) is 5.32 Å². The van der Waals surface area contributed by atoms with Gasteiger partial charge >= 0.3 is 6.03 Å². The molecule has 0 saturated carbocycles. The largest absolute Gasteiger partial charge is 0.331 e. The SMILES string of the molecule is Cc1cccc(CSc2nnc(CNC(=O)Nc3c(Cl)cccc3Cl)n2-c2ccc([N+](=O)[O-])cc2)c1. The van der Waals surface area contributed by atoms with Crippen LogP contribution in [0, 0.1) is 17.0 Å². The lowest BCUT2D eigenvalue weighted by Gasteiger charge is -2.12. The molecule has 0 radical (unpaired) electrons. The van der Waals surface area contributed by atoms with Crippen molar-refractivity contribution >= 4 is 52.4 Å². The molecule has 2 amide bonds. The molecule has 4 rings (SSSR count). The minimum Gasteiger partial charge on any atom is -0.331 e. The molecule has 0 bridgehead atoms.